The van der Waals surface area contributed by atoms with Crippen molar-refractivity contribution < 1.29 is 9.90 Å². The van der Waals surface area contributed by atoms with Crippen LogP contribution in [-0.2, 0) is 11.2 Å². The van der Waals surface area contributed by atoms with Gasteiger partial charge in [-0.25, -0.2) is 0 Å². The van der Waals surface area contributed by atoms with Crippen LogP contribution in [0.5, 0.6) is 0 Å². The van der Waals surface area contributed by atoms with E-state index in [1.165, 1.54) is 0 Å². The van der Waals surface area contributed by atoms with E-state index in [0.717, 1.165) is 22.0 Å². The average molecular weight is 215 g/mol. The number of carbonyl (C=O) groups is 1. The Kier molecular flexibility index (Phi) is 2.60. The van der Waals surface area contributed by atoms with Crippen molar-refractivity contribution in [3.05, 3.63) is 41.2 Å². The Balaban J connectivity index is 2.74. The zero-order valence-corrected chi connectivity index (χ0v) is 9.32. The molecule has 0 aliphatic rings. The Bertz CT molecular complexity index is 561. The van der Waals surface area contributed by atoms with Crippen LogP contribution in [0.3, 0.4) is 0 Å². The third-order valence-electron chi connectivity index (χ3n) is 2.81. The molecule has 82 valence electrons. The quantitative estimate of drug-likeness (QED) is 0.837. The molecule has 0 aliphatic carbocycles. The molecule has 16 heavy (non-hydrogen) atoms. The number of nitrogens with zero attached hydrogens (tertiary/aromatic N) is 1. The molecule has 0 saturated heterocycles. The Morgan fingerprint density at radius 1 is 1.25 bits per heavy atom. The molecule has 0 atom stereocenters. The Morgan fingerprint density at radius 2 is 1.88 bits per heavy atom. The number of aliphatic carboxylic acids is 1. The third-order valence-corrected chi connectivity index (χ3v) is 2.81. The summed E-state index contributed by atoms with van der Waals surface area (Å²) >= 11 is 0. The smallest absolute Gasteiger partial charge is 0.309 e. The van der Waals surface area contributed by atoms with E-state index in [1.54, 1.807) is 0 Å². The van der Waals surface area contributed by atoms with Crippen molar-refractivity contribution in [3.8, 4) is 0 Å². The van der Waals surface area contributed by atoms with Crippen molar-refractivity contribution in [3.63, 3.8) is 0 Å². The second kappa shape index (κ2) is 3.93. The monoisotopic (exact) mass is 215 g/mol. The molecule has 0 saturated carbocycles. The molecule has 1 aromatic heterocycles. The molecule has 1 aromatic carbocycles. The molecule has 0 aliphatic heterocycles. The predicted octanol–water partition coefficient (Wildman–Crippen LogP) is 2.48. The molecule has 2 aromatic rings. The van der Waals surface area contributed by atoms with Gasteiger partial charge in [0, 0.05) is 11.1 Å². The van der Waals surface area contributed by atoms with E-state index in [4.69, 9.17) is 5.11 Å². The molecule has 0 unspecified atom stereocenters. The first-order valence-corrected chi connectivity index (χ1v) is 5.16. The minimum atomic E-state index is -0.846. The van der Waals surface area contributed by atoms with Crippen LogP contribution in [0.25, 0.3) is 10.8 Å². The summed E-state index contributed by atoms with van der Waals surface area (Å²) in [5, 5.41) is 10.9. The minimum absolute atomic E-state index is 0.0262. The van der Waals surface area contributed by atoms with Gasteiger partial charge in [-0.2, -0.15) is 0 Å². The van der Waals surface area contributed by atoms with Crippen molar-refractivity contribution >= 4 is 16.7 Å². The molecule has 0 bridgehead atoms. The Hall–Kier alpha value is -1.90. The molecule has 3 heteroatoms. The van der Waals surface area contributed by atoms with E-state index < -0.39 is 5.97 Å². The summed E-state index contributed by atoms with van der Waals surface area (Å²) in [5.74, 6) is -0.846. The van der Waals surface area contributed by atoms with E-state index in [1.807, 2.05) is 38.1 Å². The minimum Gasteiger partial charge on any atom is -0.481 e. The maximum atomic E-state index is 10.8. The van der Waals surface area contributed by atoms with Gasteiger partial charge in [0.25, 0.3) is 0 Å². The van der Waals surface area contributed by atoms with Crippen LogP contribution >= 0.6 is 0 Å². The molecule has 1 N–H and O–H groups in total. The first-order chi connectivity index (χ1) is 7.59. The highest BCUT2D eigenvalue weighted by atomic mass is 16.4. The lowest BCUT2D eigenvalue weighted by Gasteiger charge is -2.09. The lowest BCUT2D eigenvalue weighted by molar-refractivity contribution is -0.136. The third kappa shape index (κ3) is 1.76. The second-order valence-electron chi connectivity index (χ2n) is 3.89. The van der Waals surface area contributed by atoms with Crippen LogP contribution in [-0.4, -0.2) is 16.1 Å². The number of benzene rings is 1. The van der Waals surface area contributed by atoms with Crippen molar-refractivity contribution in [2.75, 3.05) is 0 Å². The standard InChI is InChI=1S/C13H13NO2/c1-8-9(2)14-12(7-13(15)16)11-6-4-3-5-10(8)11/h3-6H,7H2,1-2H3,(H,15,16). The van der Waals surface area contributed by atoms with Crippen molar-refractivity contribution in [1.82, 2.24) is 4.98 Å². The lowest BCUT2D eigenvalue weighted by Crippen LogP contribution is -2.05. The molecular weight excluding hydrogens is 202 g/mol. The van der Waals surface area contributed by atoms with Gasteiger partial charge in [-0.15, -0.1) is 0 Å². The van der Waals surface area contributed by atoms with Gasteiger partial charge in [-0.1, -0.05) is 24.3 Å². The first-order valence-electron chi connectivity index (χ1n) is 5.16. The highest BCUT2D eigenvalue weighted by Crippen LogP contribution is 2.23. The maximum absolute atomic E-state index is 10.8. The first kappa shape index (κ1) is 10.6. The lowest BCUT2D eigenvalue weighted by atomic mass is 10.0. The number of hydrogen-bond donors (Lipinski definition) is 1. The van der Waals surface area contributed by atoms with E-state index >= 15 is 0 Å². The molecule has 0 spiro atoms. The fourth-order valence-corrected chi connectivity index (χ4v) is 1.88. The second-order valence-corrected chi connectivity index (χ2v) is 3.89. The molecule has 2 rings (SSSR count). The Morgan fingerprint density at radius 3 is 2.50 bits per heavy atom. The summed E-state index contributed by atoms with van der Waals surface area (Å²) in [5.41, 5.74) is 2.66. The van der Waals surface area contributed by atoms with Gasteiger partial charge in [-0.05, 0) is 24.8 Å². The van der Waals surface area contributed by atoms with Crippen molar-refractivity contribution in [2.24, 2.45) is 0 Å². The number of fused-ring (bicyclic) bond motifs is 1. The largest absolute Gasteiger partial charge is 0.481 e. The van der Waals surface area contributed by atoms with Crippen molar-refractivity contribution in [2.45, 2.75) is 20.3 Å². The molecule has 0 radical (unpaired) electrons. The topological polar surface area (TPSA) is 50.2 Å². The molecule has 0 fully saturated rings. The van der Waals surface area contributed by atoms with Gasteiger partial charge in [0.15, 0.2) is 0 Å². The Labute approximate surface area is 93.7 Å². The SMILES string of the molecule is Cc1nc(CC(=O)O)c2ccccc2c1C. The van der Waals surface area contributed by atoms with Gasteiger partial charge in [0.1, 0.15) is 0 Å². The van der Waals surface area contributed by atoms with Crippen molar-refractivity contribution in [1.29, 1.82) is 0 Å². The maximum Gasteiger partial charge on any atom is 0.309 e. The summed E-state index contributed by atoms with van der Waals surface area (Å²) in [6, 6.07) is 7.79. The van der Waals surface area contributed by atoms with E-state index in [9.17, 15) is 4.79 Å². The highest BCUT2D eigenvalue weighted by molar-refractivity contribution is 5.90. The normalized spacial score (nSPS) is 10.6. The van der Waals surface area contributed by atoms with Crippen LogP contribution in [0.1, 0.15) is 17.0 Å². The van der Waals surface area contributed by atoms with Gasteiger partial charge in [-0.3, -0.25) is 9.78 Å². The summed E-state index contributed by atoms with van der Waals surface area (Å²) in [7, 11) is 0. The average Bonchev–Trinajstić information content (AvgIpc) is 2.25. The fourth-order valence-electron chi connectivity index (χ4n) is 1.88. The number of rotatable bonds is 2. The van der Waals surface area contributed by atoms with Gasteiger partial charge < -0.3 is 5.11 Å². The number of hydrogen-bond acceptors (Lipinski definition) is 2. The van der Waals surface area contributed by atoms with E-state index in [-0.39, 0.29) is 6.42 Å². The van der Waals surface area contributed by atoms with Gasteiger partial charge in [0.2, 0.25) is 0 Å². The zero-order chi connectivity index (χ0) is 11.7. The van der Waals surface area contributed by atoms with E-state index in [2.05, 4.69) is 4.98 Å². The summed E-state index contributed by atoms with van der Waals surface area (Å²) in [6.45, 7) is 3.92. The van der Waals surface area contributed by atoms with Crippen LogP contribution < -0.4 is 0 Å². The summed E-state index contributed by atoms with van der Waals surface area (Å²) in [4.78, 5) is 15.1. The number of carboxylic acids is 1. The van der Waals surface area contributed by atoms with Crippen LogP contribution in [0, 0.1) is 13.8 Å². The molecular formula is C13H13NO2. The van der Waals surface area contributed by atoms with Crippen LogP contribution in [0.15, 0.2) is 24.3 Å². The number of aryl methyl sites for hydroxylation is 2. The highest BCUT2D eigenvalue weighted by Gasteiger charge is 2.10. The predicted molar refractivity (Wildman–Crippen MR) is 62.6 cm³/mol. The number of aromatic nitrogens is 1. The number of carboxylic acid groups (broad SMARTS) is 1. The fraction of sp³-hybridized carbons (Fsp3) is 0.231. The zero-order valence-electron chi connectivity index (χ0n) is 9.32. The van der Waals surface area contributed by atoms with E-state index in [0.29, 0.717) is 5.69 Å². The molecule has 3 nitrogen and oxygen atoms in total. The molecule has 0 amide bonds. The number of pyridine rings is 1. The molecule has 1 heterocycles. The van der Waals surface area contributed by atoms with Gasteiger partial charge >= 0.3 is 5.97 Å². The van der Waals surface area contributed by atoms with Crippen LogP contribution in [0.2, 0.25) is 0 Å². The van der Waals surface area contributed by atoms with Gasteiger partial charge in [0.05, 0.1) is 12.1 Å². The summed E-state index contributed by atoms with van der Waals surface area (Å²) in [6.07, 6.45) is -0.0262. The summed E-state index contributed by atoms with van der Waals surface area (Å²) < 4.78 is 0. The van der Waals surface area contributed by atoms with Crippen LogP contribution in [0.4, 0.5) is 0 Å².